The van der Waals surface area contributed by atoms with E-state index in [1.807, 2.05) is 13.8 Å². The molecular formula is C11H26O. The van der Waals surface area contributed by atoms with E-state index >= 15 is 0 Å². The van der Waals surface area contributed by atoms with Crippen LogP contribution in [0.5, 0.6) is 0 Å². The first-order valence-corrected chi connectivity index (χ1v) is 5.26. The Morgan fingerprint density at radius 2 is 1.50 bits per heavy atom. The van der Waals surface area contributed by atoms with E-state index in [1.165, 1.54) is 6.42 Å². The SMILES string of the molecule is CC.CC[C@@H](C)CC(O)C(C)C. The van der Waals surface area contributed by atoms with Gasteiger partial charge in [0.05, 0.1) is 6.10 Å². The quantitative estimate of drug-likeness (QED) is 0.692. The Balaban J connectivity index is 0. The molecule has 0 fully saturated rings. The summed E-state index contributed by atoms with van der Waals surface area (Å²) < 4.78 is 0. The summed E-state index contributed by atoms with van der Waals surface area (Å²) in [4.78, 5) is 0. The van der Waals surface area contributed by atoms with Crippen molar-refractivity contribution in [2.45, 2.75) is 60.5 Å². The molecule has 1 unspecified atom stereocenters. The van der Waals surface area contributed by atoms with E-state index in [2.05, 4.69) is 27.7 Å². The summed E-state index contributed by atoms with van der Waals surface area (Å²) in [5.74, 6) is 1.08. The normalized spacial score (nSPS) is 15.0. The number of hydrogen-bond donors (Lipinski definition) is 1. The molecule has 0 aromatic heterocycles. The molecule has 0 radical (unpaired) electrons. The van der Waals surface area contributed by atoms with Crippen LogP contribution in [0.3, 0.4) is 0 Å². The van der Waals surface area contributed by atoms with Gasteiger partial charge in [0.1, 0.15) is 0 Å². The molecule has 0 aliphatic heterocycles. The molecule has 0 spiro atoms. The van der Waals surface area contributed by atoms with Crippen LogP contribution in [0.25, 0.3) is 0 Å². The lowest BCUT2D eigenvalue weighted by Gasteiger charge is -2.17. The highest BCUT2D eigenvalue weighted by Gasteiger charge is 2.11. The van der Waals surface area contributed by atoms with E-state index in [9.17, 15) is 5.11 Å². The Morgan fingerprint density at radius 3 is 1.75 bits per heavy atom. The fourth-order valence-corrected chi connectivity index (χ4v) is 0.851. The van der Waals surface area contributed by atoms with Gasteiger partial charge < -0.3 is 5.11 Å². The number of rotatable bonds is 4. The van der Waals surface area contributed by atoms with Crippen molar-refractivity contribution in [2.75, 3.05) is 0 Å². The number of hydrogen-bond acceptors (Lipinski definition) is 1. The largest absolute Gasteiger partial charge is 0.393 e. The van der Waals surface area contributed by atoms with Crippen LogP contribution >= 0.6 is 0 Å². The second kappa shape index (κ2) is 9.05. The van der Waals surface area contributed by atoms with Gasteiger partial charge in [-0.2, -0.15) is 0 Å². The lowest BCUT2D eigenvalue weighted by atomic mass is 9.95. The Labute approximate surface area is 78.2 Å². The minimum Gasteiger partial charge on any atom is -0.393 e. The van der Waals surface area contributed by atoms with Crippen LogP contribution in [0.15, 0.2) is 0 Å². The van der Waals surface area contributed by atoms with Crippen molar-refractivity contribution < 1.29 is 5.11 Å². The lowest BCUT2D eigenvalue weighted by Crippen LogP contribution is -2.17. The van der Waals surface area contributed by atoms with E-state index in [1.54, 1.807) is 0 Å². The molecule has 0 bridgehead atoms. The van der Waals surface area contributed by atoms with Gasteiger partial charge in [0.2, 0.25) is 0 Å². The van der Waals surface area contributed by atoms with Crippen LogP contribution < -0.4 is 0 Å². The summed E-state index contributed by atoms with van der Waals surface area (Å²) in [5, 5.41) is 9.43. The first kappa shape index (κ1) is 14.5. The zero-order valence-corrected chi connectivity index (χ0v) is 9.59. The maximum atomic E-state index is 9.43. The van der Waals surface area contributed by atoms with Crippen LogP contribution in [0.4, 0.5) is 0 Å². The second-order valence-corrected chi connectivity index (χ2v) is 3.56. The molecule has 0 heterocycles. The smallest absolute Gasteiger partial charge is 0.0565 e. The predicted molar refractivity (Wildman–Crippen MR) is 56.3 cm³/mol. The van der Waals surface area contributed by atoms with Crippen LogP contribution in [-0.2, 0) is 0 Å². The van der Waals surface area contributed by atoms with Gasteiger partial charge in [-0.05, 0) is 18.3 Å². The highest BCUT2D eigenvalue weighted by atomic mass is 16.3. The van der Waals surface area contributed by atoms with Gasteiger partial charge in [-0.3, -0.25) is 0 Å². The monoisotopic (exact) mass is 174 g/mol. The predicted octanol–water partition coefficient (Wildman–Crippen LogP) is 3.47. The van der Waals surface area contributed by atoms with Crippen molar-refractivity contribution in [2.24, 2.45) is 11.8 Å². The van der Waals surface area contributed by atoms with Gasteiger partial charge in [0, 0.05) is 0 Å². The molecule has 0 aromatic rings. The Kier molecular flexibility index (Phi) is 10.9. The average Bonchev–Trinajstić information content (AvgIpc) is 2.07. The summed E-state index contributed by atoms with van der Waals surface area (Å²) >= 11 is 0. The molecule has 0 aromatic carbocycles. The van der Waals surface area contributed by atoms with Crippen molar-refractivity contribution in [3.8, 4) is 0 Å². The zero-order chi connectivity index (χ0) is 10.1. The van der Waals surface area contributed by atoms with Crippen molar-refractivity contribution in [1.29, 1.82) is 0 Å². The van der Waals surface area contributed by atoms with Crippen molar-refractivity contribution in [1.82, 2.24) is 0 Å². The topological polar surface area (TPSA) is 20.2 Å². The van der Waals surface area contributed by atoms with E-state index in [0.717, 1.165) is 6.42 Å². The number of aliphatic hydroxyl groups is 1. The maximum Gasteiger partial charge on any atom is 0.0565 e. The van der Waals surface area contributed by atoms with Gasteiger partial charge in [0.15, 0.2) is 0 Å². The van der Waals surface area contributed by atoms with E-state index in [0.29, 0.717) is 11.8 Å². The molecule has 76 valence electrons. The highest BCUT2D eigenvalue weighted by molar-refractivity contribution is 4.63. The van der Waals surface area contributed by atoms with Gasteiger partial charge in [0.25, 0.3) is 0 Å². The molecule has 1 heteroatoms. The fraction of sp³-hybridized carbons (Fsp3) is 1.00. The fourth-order valence-electron chi connectivity index (χ4n) is 0.851. The van der Waals surface area contributed by atoms with Gasteiger partial charge in [-0.15, -0.1) is 0 Å². The number of aliphatic hydroxyl groups excluding tert-OH is 1. The standard InChI is InChI=1S/C9H20O.C2H6/c1-5-8(4)6-9(10)7(2)3;1-2/h7-10H,5-6H2,1-4H3;1-2H3/t8-,9?;/m1./s1. The Morgan fingerprint density at radius 1 is 1.08 bits per heavy atom. The van der Waals surface area contributed by atoms with Crippen LogP contribution in [-0.4, -0.2) is 11.2 Å². The summed E-state index contributed by atoms with van der Waals surface area (Å²) in [6, 6.07) is 0. The minimum absolute atomic E-state index is 0.102. The molecule has 0 saturated carbocycles. The van der Waals surface area contributed by atoms with Gasteiger partial charge >= 0.3 is 0 Å². The first-order valence-electron chi connectivity index (χ1n) is 5.26. The third kappa shape index (κ3) is 8.06. The zero-order valence-electron chi connectivity index (χ0n) is 9.59. The molecule has 0 aliphatic rings. The van der Waals surface area contributed by atoms with Crippen LogP contribution in [0.2, 0.25) is 0 Å². The average molecular weight is 174 g/mol. The van der Waals surface area contributed by atoms with Gasteiger partial charge in [-0.25, -0.2) is 0 Å². The van der Waals surface area contributed by atoms with E-state index in [-0.39, 0.29) is 6.10 Å². The van der Waals surface area contributed by atoms with Crippen molar-refractivity contribution in [3.63, 3.8) is 0 Å². The molecule has 1 nitrogen and oxygen atoms in total. The van der Waals surface area contributed by atoms with Crippen molar-refractivity contribution in [3.05, 3.63) is 0 Å². The lowest BCUT2D eigenvalue weighted by molar-refractivity contribution is 0.0993. The molecule has 0 amide bonds. The molecule has 0 aliphatic carbocycles. The second-order valence-electron chi connectivity index (χ2n) is 3.56. The highest BCUT2D eigenvalue weighted by Crippen LogP contribution is 2.14. The maximum absolute atomic E-state index is 9.43. The molecule has 1 N–H and O–H groups in total. The molecule has 0 rings (SSSR count). The molecular weight excluding hydrogens is 148 g/mol. The summed E-state index contributed by atoms with van der Waals surface area (Å²) in [5.41, 5.74) is 0. The van der Waals surface area contributed by atoms with Crippen molar-refractivity contribution >= 4 is 0 Å². The third-order valence-electron chi connectivity index (χ3n) is 2.11. The van der Waals surface area contributed by atoms with Crippen LogP contribution in [0, 0.1) is 11.8 Å². The van der Waals surface area contributed by atoms with Crippen LogP contribution in [0.1, 0.15) is 54.4 Å². The minimum atomic E-state index is -0.102. The third-order valence-corrected chi connectivity index (χ3v) is 2.11. The summed E-state index contributed by atoms with van der Waals surface area (Å²) in [6.45, 7) is 12.5. The first-order chi connectivity index (χ1) is 5.57. The molecule has 2 atom stereocenters. The molecule has 0 saturated heterocycles. The molecule has 12 heavy (non-hydrogen) atoms. The Hall–Kier alpha value is -0.0400. The summed E-state index contributed by atoms with van der Waals surface area (Å²) in [6.07, 6.45) is 2.02. The van der Waals surface area contributed by atoms with Gasteiger partial charge in [-0.1, -0.05) is 48.0 Å². The van der Waals surface area contributed by atoms with E-state index in [4.69, 9.17) is 0 Å². The summed E-state index contributed by atoms with van der Waals surface area (Å²) in [7, 11) is 0. The van der Waals surface area contributed by atoms with E-state index < -0.39 is 0 Å². The Bertz CT molecular complexity index is 79.1.